The van der Waals surface area contributed by atoms with Crippen LogP contribution in [0.25, 0.3) is 0 Å². The van der Waals surface area contributed by atoms with E-state index >= 15 is 0 Å². The number of rotatable bonds is 3. The van der Waals surface area contributed by atoms with E-state index in [1.165, 1.54) is 0 Å². The van der Waals surface area contributed by atoms with Crippen molar-refractivity contribution in [2.24, 2.45) is 0 Å². The van der Waals surface area contributed by atoms with Gasteiger partial charge in [0.1, 0.15) is 6.61 Å². The summed E-state index contributed by atoms with van der Waals surface area (Å²) in [6.45, 7) is 3.33. The van der Waals surface area contributed by atoms with Gasteiger partial charge in [-0.05, 0) is 25.5 Å². The number of nitrogens with one attached hydrogen (secondary N) is 2. The van der Waals surface area contributed by atoms with Crippen molar-refractivity contribution in [3.63, 3.8) is 0 Å². The lowest BCUT2D eigenvalue weighted by Crippen LogP contribution is -2.41. The molecular weight excluding hydrogens is 216 g/mol. The first kappa shape index (κ1) is 11.9. The number of hydrogen-bond acceptors (Lipinski definition) is 3. The second kappa shape index (κ2) is 5.68. The van der Waals surface area contributed by atoms with Crippen molar-refractivity contribution in [1.29, 1.82) is 0 Å². The molecule has 1 aliphatic heterocycles. The molecule has 1 aliphatic rings. The second-order valence-corrected chi connectivity index (χ2v) is 4.34. The zero-order valence-corrected chi connectivity index (χ0v) is 9.98. The summed E-state index contributed by atoms with van der Waals surface area (Å²) in [5, 5.41) is 6.15. The lowest BCUT2D eigenvalue weighted by atomic mass is 10.1. The Kier molecular flexibility index (Phi) is 3.98. The van der Waals surface area contributed by atoms with Crippen LogP contribution in [0.15, 0.2) is 30.3 Å². The standard InChI is InChI=1S/C13H18N2O2/c1-10-12(7-8-14-10)15-13(16)17-9-11-5-3-2-4-6-11/h2-6,10,12,14H,7-9H2,1H3,(H,15,16)/t10-,12+/m1/s1. The highest BCUT2D eigenvalue weighted by molar-refractivity contribution is 5.67. The van der Waals surface area contributed by atoms with Crippen LogP contribution >= 0.6 is 0 Å². The van der Waals surface area contributed by atoms with Crippen LogP contribution in [-0.4, -0.2) is 24.7 Å². The van der Waals surface area contributed by atoms with E-state index in [-0.39, 0.29) is 12.1 Å². The van der Waals surface area contributed by atoms with Gasteiger partial charge < -0.3 is 15.4 Å². The molecule has 2 rings (SSSR count). The molecule has 4 heteroatoms. The van der Waals surface area contributed by atoms with Gasteiger partial charge in [0.25, 0.3) is 0 Å². The third-order valence-electron chi connectivity index (χ3n) is 3.04. The molecule has 0 saturated carbocycles. The minimum atomic E-state index is -0.339. The molecule has 0 unspecified atom stereocenters. The molecule has 0 aromatic heterocycles. The lowest BCUT2D eigenvalue weighted by Gasteiger charge is -2.16. The number of carbonyl (C=O) groups is 1. The van der Waals surface area contributed by atoms with Gasteiger partial charge in [0.05, 0.1) is 0 Å². The van der Waals surface area contributed by atoms with Crippen LogP contribution in [0.5, 0.6) is 0 Å². The maximum Gasteiger partial charge on any atom is 0.407 e. The van der Waals surface area contributed by atoms with E-state index in [1.54, 1.807) is 0 Å². The quantitative estimate of drug-likeness (QED) is 0.836. The third-order valence-corrected chi connectivity index (χ3v) is 3.04. The fourth-order valence-electron chi connectivity index (χ4n) is 1.97. The van der Waals surface area contributed by atoms with Crippen LogP contribution in [0, 0.1) is 0 Å². The van der Waals surface area contributed by atoms with Gasteiger partial charge in [-0.3, -0.25) is 0 Å². The van der Waals surface area contributed by atoms with Crippen LogP contribution in [0.4, 0.5) is 4.79 Å². The lowest BCUT2D eigenvalue weighted by molar-refractivity contribution is 0.135. The van der Waals surface area contributed by atoms with E-state index in [0.29, 0.717) is 12.6 Å². The van der Waals surface area contributed by atoms with E-state index in [4.69, 9.17) is 4.74 Å². The van der Waals surface area contributed by atoms with Crippen LogP contribution in [0.2, 0.25) is 0 Å². The molecule has 1 saturated heterocycles. The topological polar surface area (TPSA) is 50.4 Å². The van der Waals surface area contributed by atoms with Gasteiger partial charge in [0.2, 0.25) is 0 Å². The predicted octanol–water partition coefficient (Wildman–Crippen LogP) is 1.66. The van der Waals surface area contributed by atoms with Crippen molar-refractivity contribution in [2.75, 3.05) is 6.54 Å². The van der Waals surface area contributed by atoms with Crippen molar-refractivity contribution >= 4 is 6.09 Å². The normalized spacial score (nSPS) is 23.4. The Morgan fingerprint density at radius 3 is 2.88 bits per heavy atom. The Bertz CT molecular complexity index is 367. The van der Waals surface area contributed by atoms with Gasteiger partial charge in [0.15, 0.2) is 0 Å². The molecule has 0 spiro atoms. The molecule has 1 fully saturated rings. The Hall–Kier alpha value is -1.55. The number of carbonyl (C=O) groups excluding carboxylic acids is 1. The summed E-state index contributed by atoms with van der Waals surface area (Å²) in [5.41, 5.74) is 1.00. The molecule has 1 aromatic carbocycles. The molecule has 2 atom stereocenters. The van der Waals surface area contributed by atoms with E-state index < -0.39 is 0 Å². The van der Waals surface area contributed by atoms with Crippen LogP contribution in [-0.2, 0) is 11.3 Å². The number of ether oxygens (including phenoxy) is 1. The van der Waals surface area contributed by atoms with Gasteiger partial charge in [-0.2, -0.15) is 0 Å². The molecule has 92 valence electrons. The molecule has 1 heterocycles. The fourth-order valence-corrected chi connectivity index (χ4v) is 1.97. The molecule has 0 aliphatic carbocycles. The summed E-state index contributed by atoms with van der Waals surface area (Å²) >= 11 is 0. The first-order valence-electron chi connectivity index (χ1n) is 5.96. The highest BCUT2D eigenvalue weighted by Crippen LogP contribution is 2.07. The molecule has 0 radical (unpaired) electrons. The Morgan fingerprint density at radius 1 is 1.47 bits per heavy atom. The molecular formula is C13H18N2O2. The van der Waals surface area contributed by atoms with E-state index in [0.717, 1.165) is 18.5 Å². The SMILES string of the molecule is C[C@H]1NCC[C@@H]1NC(=O)OCc1ccccc1. The van der Waals surface area contributed by atoms with E-state index in [9.17, 15) is 4.79 Å². The van der Waals surface area contributed by atoms with Gasteiger partial charge >= 0.3 is 6.09 Å². The predicted molar refractivity (Wildman–Crippen MR) is 65.6 cm³/mol. The highest BCUT2D eigenvalue weighted by Gasteiger charge is 2.24. The van der Waals surface area contributed by atoms with Crippen LogP contribution < -0.4 is 10.6 Å². The minimum absolute atomic E-state index is 0.179. The largest absolute Gasteiger partial charge is 0.445 e. The van der Waals surface area contributed by atoms with Gasteiger partial charge in [-0.15, -0.1) is 0 Å². The smallest absolute Gasteiger partial charge is 0.407 e. The van der Waals surface area contributed by atoms with Gasteiger partial charge in [-0.1, -0.05) is 30.3 Å². The van der Waals surface area contributed by atoms with Crippen molar-refractivity contribution in [1.82, 2.24) is 10.6 Å². The number of alkyl carbamates (subject to hydrolysis) is 1. The number of benzene rings is 1. The van der Waals surface area contributed by atoms with Crippen LogP contribution in [0.3, 0.4) is 0 Å². The first-order valence-corrected chi connectivity index (χ1v) is 5.96. The first-order chi connectivity index (χ1) is 8.25. The summed E-state index contributed by atoms with van der Waals surface area (Å²) in [6.07, 6.45) is 0.621. The molecule has 2 N–H and O–H groups in total. The monoisotopic (exact) mass is 234 g/mol. The Labute approximate surface area is 101 Å². The summed E-state index contributed by atoms with van der Waals surface area (Å²) in [6, 6.07) is 10.2. The zero-order chi connectivity index (χ0) is 12.1. The average Bonchev–Trinajstić information content (AvgIpc) is 2.74. The molecule has 0 bridgehead atoms. The summed E-state index contributed by atoms with van der Waals surface area (Å²) in [5.74, 6) is 0. The molecule has 4 nitrogen and oxygen atoms in total. The summed E-state index contributed by atoms with van der Waals surface area (Å²) < 4.78 is 5.16. The molecule has 1 amide bonds. The highest BCUT2D eigenvalue weighted by atomic mass is 16.5. The average molecular weight is 234 g/mol. The Morgan fingerprint density at radius 2 is 2.24 bits per heavy atom. The Balaban J connectivity index is 1.74. The van der Waals surface area contributed by atoms with Gasteiger partial charge in [0, 0.05) is 12.1 Å². The summed E-state index contributed by atoms with van der Waals surface area (Å²) in [7, 11) is 0. The fraction of sp³-hybridized carbons (Fsp3) is 0.462. The van der Waals surface area contributed by atoms with Crippen molar-refractivity contribution in [3.05, 3.63) is 35.9 Å². The number of amides is 1. The van der Waals surface area contributed by atoms with Crippen molar-refractivity contribution in [3.8, 4) is 0 Å². The number of hydrogen-bond donors (Lipinski definition) is 2. The maximum atomic E-state index is 11.6. The maximum absolute atomic E-state index is 11.6. The van der Waals surface area contributed by atoms with E-state index in [2.05, 4.69) is 17.6 Å². The molecule has 17 heavy (non-hydrogen) atoms. The molecule has 1 aromatic rings. The van der Waals surface area contributed by atoms with Crippen molar-refractivity contribution in [2.45, 2.75) is 32.0 Å². The zero-order valence-electron chi connectivity index (χ0n) is 9.98. The second-order valence-electron chi connectivity index (χ2n) is 4.34. The third kappa shape index (κ3) is 3.46. The van der Waals surface area contributed by atoms with Crippen molar-refractivity contribution < 1.29 is 9.53 Å². The van der Waals surface area contributed by atoms with E-state index in [1.807, 2.05) is 30.3 Å². The minimum Gasteiger partial charge on any atom is -0.445 e. The van der Waals surface area contributed by atoms with Gasteiger partial charge in [-0.25, -0.2) is 4.79 Å². The van der Waals surface area contributed by atoms with Crippen LogP contribution in [0.1, 0.15) is 18.9 Å². The summed E-state index contributed by atoms with van der Waals surface area (Å²) in [4.78, 5) is 11.6.